The van der Waals surface area contributed by atoms with Crippen molar-refractivity contribution in [2.24, 2.45) is 7.05 Å². The molecule has 1 N–H and O–H groups in total. The van der Waals surface area contributed by atoms with Gasteiger partial charge < -0.3 is 14.4 Å². The van der Waals surface area contributed by atoms with E-state index in [0.29, 0.717) is 0 Å². The molecule has 0 saturated carbocycles. The Kier molecular flexibility index (Phi) is 4.33. The van der Waals surface area contributed by atoms with Crippen LogP contribution in [0, 0.1) is 0 Å². The van der Waals surface area contributed by atoms with Gasteiger partial charge in [0.25, 0.3) is 0 Å². The number of aromatic nitrogens is 2. The Bertz CT molecular complexity index is 774. The largest absolute Gasteiger partial charge is 0.508 e. The number of ether oxygens (including phenoxy) is 1. The first-order chi connectivity index (χ1) is 11.2. The summed E-state index contributed by atoms with van der Waals surface area (Å²) in [5, 5.41) is 9.40. The van der Waals surface area contributed by atoms with E-state index in [4.69, 9.17) is 4.74 Å². The first-order valence-electron chi connectivity index (χ1n) is 7.55. The van der Waals surface area contributed by atoms with Crippen LogP contribution in [0.3, 0.4) is 0 Å². The van der Waals surface area contributed by atoms with Gasteiger partial charge in [-0.1, -0.05) is 24.3 Å². The fourth-order valence-electron chi connectivity index (χ4n) is 2.62. The highest BCUT2D eigenvalue weighted by Gasteiger charge is 2.10. The van der Waals surface area contributed by atoms with Crippen LogP contribution >= 0.6 is 0 Å². The van der Waals surface area contributed by atoms with Crippen LogP contribution in [0.25, 0.3) is 0 Å². The van der Waals surface area contributed by atoms with Crippen molar-refractivity contribution in [3.63, 3.8) is 0 Å². The fourth-order valence-corrected chi connectivity index (χ4v) is 2.62. The van der Waals surface area contributed by atoms with Gasteiger partial charge in [0.1, 0.15) is 11.5 Å². The number of aryl methyl sites for hydroxylation is 1. The molecular weight excluding hydrogens is 288 g/mol. The number of methoxy groups -OCH3 is 1. The lowest BCUT2D eigenvalue weighted by Crippen LogP contribution is -2.01. The number of hydrogen-bond acceptors (Lipinski definition) is 3. The van der Waals surface area contributed by atoms with E-state index in [1.807, 2.05) is 37.6 Å². The van der Waals surface area contributed by atoms with Crippen LogP contribution in [0.2, 0.25) is 0 Å². The second kappa shape index (κ2) is 6.57. The topological polar surface area (TPSA) is 47.3 Å². The first kappa shape index (κ1) is 15.2. The maximum absolute atomic E-state index is 9.40. The maximum Gasteiger partial charge on any atom is 0.118 e. The molecular formula is C19H20N2O2. The van der Waals surface area contributed by atoms with Crippen molar-refractivity contribution in [1.29, 1.82) is 0 Å². The second-order valence-corrected chi connectivity index (χ2v) is 5.62. The number of benzene rings is 2. The summed E-state index contributed by atoms with van der Waals surface area (Å²) in [4.78, 5) is 4.55. The van der Waals surface area contributed by atoms with Crippen LogP contribution in [0.5, 0.6) is 11.5 Å². The Hall–Kier alpha value is -2.75. The lowest BCUT2D eigenvalue weighted by molar-refractivity contribution is 0.414. The molecule has 0 amide bonds. The SMILES string of the molecule is COc1ccc(Cc2ncn(C)c2Cc2ccc(O)cc2)cc1. The maximum atomic E-state index is 9.40. The number of hydrogen-bond donors (Lipinski definition) is 1. The van der Waals surface area contributed by atoms with Crippen molar-refractivity contribution in [3.05, 3.63) is 77.4 Å². The Labute approximate surface area is 136 Å². The third-order valence-electron chi connectivity index (χ3n) is 3.98. The molecule has 1 aromatic heterocycles. The molecule has 23 heavy (non-hydrogen) atoms. The smallest absolute Gasteiger partial charge is 0.118 e. The Balaban J connectivity index is 1.81. The molecule has 0 unspecified atom stereocenters. The van der Waals surface area contributed by atoms with Crippen LogP contribution in [-0.2, 0) is 19.9 Å². The molecule has 0 atom stereocenters. The Morgan fingerprint density at radius 2 is 1.57 bits per heavy atom. The molecule has 0 aliphatic carbocycles. The predicted octanol–water partition coefficient (Wildman–Crippen LogP) is 3.32. The van der Waals surface area contributed by atoms with Crippen molar-refractivity contribution in [1.82, 2.24) is 9.55 Å². The zero-order valence-electron chi connectivity index (χ0n) is 13.4. The molecule has 2 aromatic carbocycles. The van der Waals surface area contributed by atoms with Gasteiger partial charge in [-0.05, 0) is 35.4 Å². The van der Waals surface area contributed by atoms with Crippen LogP contribution in [0.15, 0.2) is 54.9 Å². The zero-order valence-corrected chi connectivity index (χ0v) is 13.4. The summed E-state index contributed by atoms with van der Waals surface area (Å²) in [6.45, 7) is 0. The minimum Gasteiger partial charge on any atom is -0.508 e. The van der Waals surface area contributed by atoms with Crippen molar-refractivity contribution < 1.29 is 9.84 Å². The van der Waals surface area contributed by atoms with Crippen LogP contribution in [0.1, 0.15) is 22.5 Å². The summed E-state index contributed by atoms with van der Waals surface area (Å²) >= 11 is 0. The van der Waals surface area contributed by atoms with Gasteiger partial charge in [-0.15, -0.1) is 0 Å². The summed E-state index contributed by atoms with van der Waals surface area (Å²) in [6.07, 6.45) is 3.44. The average molecular weight is 308 g/mol. The highest BCUT2D eigenvalue weighted by atomic mass is 16.5. The van der Waals surface area contributed by atoms with Gasteiger partial charge in [0.05, 0.1) is 19.1 Å². The molecule has 0 fully saturated rings. The van der Waals surface area contributed by atoms with E-state index in [-0.39, 0.29) is 5.75 Å². The highest BCUT2D eigenvalue weighted by Crippen LogP contribution is 2.19. The van der Waals surface area contributed by atoms with Crippen molar-refractivity contribution in [3.8, 4) is 11.5 Å². The summed E-state index contributed by atoms with van der Waals surface area (Å²) < 4.78 is 7.26. The molecule has 0 aliphatic heterocycles. The lowest BCUT2D eigenvalue weighted by atomic mass is 10.0. The van der Waals surface area contributed by atoms with E-state index < -0.39 is 0 Å². The number of aromatic hydroxyl groups is 1. The molecule has 3 rings (SSSR count). The molecule has 1 heterocycles. The van der Waals surface area contributed by atoms with E-state index in [2.05, 4.69) is 21.7 Å². The minimum atomic E-state index is 0.289. The predicted molar refractivity (Wildman–Crippen MR) is 89.9 cm³/mol. The van der Waals surface area contributed by atoms with E-state index in [1.165, 1.54) is 11.3 Å². The van der Waals surface area contributed by atoms with Gasteiger partial charge in [-0.2, -0.15) is 0 Å². The molecule has 4 nitrogen and oxygen atoms in total. The summed E-state index contributed by atoms with van der Waals surface area (Å²) in [5.41, 5.74) is 4.62. The number of phenols is 1. The normalized spacial score (nSPS) is 10.7. The molecule has 0 saturated heterocycles. The summed E-state index contributed by atoms with van der Waals surface area (Å²) in [7, 11) is 3.68. The van der Waals surface area contributed by atoms with Crippen LogP contribution < -0.4 is 4.74 Å². The minimum absolute atomic E-state index is 0.289. The van der Waals surface area contributed by atoms with Gasteiger partial charge in [-0.25, -0.2) is 4.98 Å². The molecule has 0 aliphatic rings. The fraction of sp³-hybridized carbons (Fsp3) is 0.211. The average Bonchev–Trinajstić information content (AvgIpc) is 2.91. The molecule has 3 aromatic rings. The van der Waals surface area contributed by atoms with E-state index in [9.17, 15) is 5.11 Å². The molecule has 4 heteroatoms. The quantitative estimate of drug-likeness (QED) is 0.786. The third-order valence-corrected chi connectivity index (χ3v) is 3.98. The Morgan fingerprint density at radius 1 is 0.957 bits per heavy atom. The summed E-state index contributed by atoms with van der Waals surface area (Å²) in [5.74, 6) is 1.15. The van der Waals surface area contributed by atoms with Crippen molar-refractivity contribution >= 4 is 0 Å². The lowest BCUT2D eigenvalue weighted by Gasteiger charge is -2.08. The van der Waals surface area contributed by atoms with Crippen molar-refractivity contribution in [2.45, 2.75) is 12.8 Å². The third kappa shape index (κ3) is 3.54. The molecule has 0 radical (unpaired) electrons. The summed E-state index contributed by atoms with van der Waals surface area (Å²) in [6, 6.07) is 15.4. The van der Waals surface area contributed by atoms with Gasteiger partial charge in [0, 0.05) is 25.6 Å². The number of rotatable bonds is 5. The highest BCUT2D eigenvalue weighted by molar-refractivity contribution is 5.34. The van der Waals surface area contributed by atoms with E-state index in [0.717, 1.165) is 29.8 Å². The van der Waals surface area contributed by atoms with Crippen LogP contribution in [0.4, 0.5) is 0 Å². The van der Waals surface area contributed by atoms with E-state index in [1.54, 1.807) is 19.2 Å². The molecule has 118 valence electrons. The second-order valence-electron chi connectivity index (χ2n) is 5.62. The zero-order chi connectivity index (χ0) is 16.2. The monoisotopic (exact) mass is 308 g/mol. The molecule has 0 spiro atoms. The number of phenolic OH excluding ortho intramolecular Hbond substituents is 1. The standard InChI is InChI=1S/C19H20N2O2/c1-21-13-20-18(11-14-5-9-17(23-2)10-6-14)19(21)12-15-3-7-16(22)8-4-15/h3-10,13,22H,11-12H2,1-2H3. The first-order valence-corrected chi connectivity index (χ1v) is 7.55. The van der Waals surface area contributed by atoms with Crippen LogP contribution in [-0.4, -0.2) is 21.8 Å². The van der Waals surface area contributed by atoms with Gasteiger partial charge in [-0.3, -0.25) is 0 Å². The van der Waals surface area contributed by atoms with Crippen molar-refractivity contribution in [2.75, 3.05) is 7.11 Å². The van der Waals surface area contributed by atoms with Gasteiger partial charge >= 0.3 is 0 Å². The van der Waals surface area contributed by atoms with Gasteiger partial charge in [0.15, 0.2) is 0 Å². The van der Waals surface area contributed by atoms with E-state index >= 15 is 0 Å². The number of imidazole rings is 1. The van der Waals surface area contributed by atoms with Gasteiger partial charge in [0.2, 0.25) is 0 Å². The molecule has 0 bridgehead atoms. The Morgan fingerprint density at radius 3 is 2.22 bits per heavy atom. The number of nitrogens with zero attached hydrogens (tertiary/aromatic N) is 2.